The Labute approximate surface area is 117 Å². The lowest BCUT2D eigenvalue weighted by Crippen LogP contribution is -2.32. The summed E-state index contributed by atoms with van der Waals surface area (Å²) in [4.78, 5) is 22.1. The van der Waals surface area contributed by atoms with Crippen LogP contribution in [0.4, 0.5) is 14.9 Å². The Kier molecular flexibility index (Phi) is 5.96. The Morgan fingerprint density at radius 3 is 2.70 bits per heavy atom. The van der Waals surface area contributed by atoms with Crippen LogP contribution in [0.1, 0.15) is 25.3 Å². The van der Waals surface area contributed by atoms with Crippen LogP contribution in [-0.2, 0) is 4.79 Å². The summed E-state index contributed by atoms with van der Waals surface area (Å²) in [7, 11) is 0. The van der Waals surface area contributed by atoms with E-state index in [2.05, 4.69) is 10.6 Å². The summed E-state index contributed by atoms with van der Waals surface area (Å²) >= 11 is 0. The average molecular weight is 282 g/mol. The Balaban J connectivity index is 2.38. The molecule has 0 radical (unpaired) electrons. The van der Waals surface area contributed by atoms with E-state index >= 15 is 0 Å². The summed E-state index contributed by atoms with van der Waals surface area (Å²) in [5.74, 6) is -1.12. The van der Waals surface area contributed by atoms with Crippen LogP contribution in [0, 0.1) is 18.7 Å². The van der Waals surface area contributed by atoms with Gasteiger partial charge in [-0.1, -0.05) is 6.92 Å². The van der Waals surface area contributed by atoms with Crippen LogP contribution in [0.15, 0.2) is 18.2 Å². The van der Waals surface area contributed by atoms with Gasteiger partial charge in [0, 0.05) is 18.7 Å². The van der Waals surface area contributed by atoms with Gasteiger partial charge < -0.3 is 15.7 Å². The minimum Gasteiger partial charge on any atom is -0.481 e. The largest absolute Gasteiger partial charge is 0.481 e. The minimum absolute atomic E-state index is 0.0752. The molecule has 0 bridgehead atoms. The molecule has 1 aromatic carbocycles. The Hall–Kier alpha value is -2.11. The lowest BCUT2D eigenvalue weighted by molar-refractivity contribution is -0.137. The van der Waals surface area contributed by atoms with Crippen molar-refractivity contribution in [2.75, 3.05) is 11.9 Å². The quantitative estimate of drug-likeness (QED) is 0.750. The lowest BCUT2D eigenvalue weighted by atomic mass is 10.1. The van der Waals surface area contributed by atoms with Crippen LogP contribution in [0.25, 0.3) is 0 Å². The molecule has 110 valence electrons. The van der Waals surface area contributed by atoms with Crippen LogP contribution >= 0.6 is 0 Å². The number of amides is 2. The molecular weight excluding hydrogens is 263 g/mol. The van der Waals surface area contributed by atoms with Gasteiger partial charge in [0.1, 0.15) is 5.82 Å². The number of hydrogen-bond donors (Lipinski definition) is 3. The summed E-state index contributed by atoms with van der Waals surface area (Å²) in [5, 5.41) is 13.8. The van der Waals surface area contributed by atoms with Crippen molar-refractivity contribution in [1.29, 1.82) is 0 Å². The molecule has 20 heavy (non-hydrogen) atoms. The third-order valence-electron chi connectivity index (χ3n) is 2.90. The van der Waals surface area contributed by atoms with E-state index in [9.17, 15) is 14.0 Å². The van der Waals surface area contributed by atoms with Gasteiger partial charge in [0.05, 0.1) is 0 Å². The van der Waals surface area contributed by atoms with Gasteiger partial charge >= 0.3 is 12.0 Å². The average Bonchev–Trinajstić information content (AvgIpc) is 2.37. The maximum absolute atomic E-state index is 12.9. The smallest absolute Gasteiger partial charge is 0.319 e. The number of carbonyl (C=O) groups excluding carboxylic acids is 1. The van der Waals surface area contributed by atoms with Gasteiger partial charge in [-0.3, -0.25) is 4.79 Å². The topological polar surface area (TPSA) is 78.4 Å². The van der Waals surface area contributed by atoms with E-state index < -0.39 is 5.97 Å². The molecule has 5 nitrogen and oxygen atoms in total. The number of rotatable bonds is 6. The zero-order chi connectivity index (χ0) is 15.1. The summed E-state index contributed by atoms with van der Waals surface area (Å²) in [6.07, 6.45) is 0.590. The fourth-order valence-electron chi connectivity index (χ4n) is 1.67. The molecule has 1 atom stereocenters. The van der Waals surface area contributed by atoms with Gasteiger partial charge in [-0.15, -0.1) is 0 Å². The molecule has 1 unspecified atom stereocenters. The number of hydrogen-bond acceptors (Lipinski definition) is 2. The van der Waals surface area contributed by atoms with Crippen LogP contribution in [0.2, 0.25) is 0 Å². The first kappa shape index (κ1) is 15.9. The second kappa shape index (κ2) is 7.47. The van der Waals surface area contributed by atoms with Crippen molar-refractivity contribution in [1.82, 2.24) is 5.32 Å². The maximum Gasteiger partial charge on any atom is 0.319 e. The number of carboxylic acid groups (broad SMARTS) is 1. The van der Waals surface area contributed by atoms with Crippen LogP contribution in [0.3, 0.4) is 0 Å². The molecule has 0 aromatic heterocycles. The van der Waals surface area contributed by atoms with Gasteiger partial charge in [-0.2, -0.15) is 0 Å². The molecule has 0 aliphatic heterocycles. The van der Waals surface area contributed by atoms with E-state index in [1.807, 2.05) is 6.92 Å². The predicted octanol–water partition coefficient (Wildman–Crippen LogP) is 2.76. The van der Waals surface area contributed by atoms with E-state index in [0.29, 0.717) is 24.2 Å². The van der Waals surface area contributed by atoms with E-state index in [4.69, 9.17) is 5.11 Å². The summed E-state index contributed by atoms with van der Waals surface area (Å²) in [5.41, 5.74) is 1.18. The SMILES string of the molecule is Cc1cc(F)ccc1NC(=O)NCC(C)CCC(=O)O. The Morgan fingerprint density at radius 1 is 1.40 bits per heavy atom. The third-order valence-corrected chi connectivity index (χ3v) is 2.90. The fraction of sp³-hybridized carbons (Fsp3) is 0.429. The Bertz CT molecular complexity index is 491. The molecule has 6 heteroatoms. The van der Waals surface area contributed by atoms with E-state index in [1.165, 1.54) is 18.2 Å². The van der Waals surface area contributed by atoms with E-state index in [0.717, 1.165) is 0 Å². The van der Waals surface area contributed by atoms with E-state index in [1.54, 1.807) is 6.92 Å². The van der Waals surface area contributed by atoms with Crippen molar-refractivity contribution >= 4 is 17.7 Å². The number of halogens is 1. The van der Waals surface area contributed by atoms with Gasteiger partial charge in [-0.05, 0) is 43.0 Å². The van der Waals surface area contributed by atoms with Crippen molar-refractivity contribution in [2.24, 2.45) is 5.92 Å². The molecule has 0 saturated heterocycles. The molecule has 1 rings (SSSR count). The maximum atomic E-state index is 12.9. The molecule has 1 aromatic rings. The third kappa shape index (κ3) is 5.69. The zero-order valence-electron chi connectivity index (χ0n) is 11.6. The summed E-state index contributed by atoms with van der Waals surface area (Å²) in [6, 6.07) is 3.73. The highest BCUT2D eigenvalue weighted by Crippen LogP contribution is 2.15. The van der Waals surface area contributed by atoms with Crippen molar-refractivity contribution in [3.05, 3.63) is 29.6 Å². The molecule has 0 aliphatic rings. The number of carbonyl (C=O) groups is 2. The first-order chi connectivity index (χ1) is 9.38. The summed E-state index contributed by atoms with van der Waals surface area (Å²) in [6.45, 7) is 3.96. The minimum atomic E-state index is -0.844. The number of carboxylic acids is 1. The van der Waals surface area contributed by atoms with Gasteiger partial charge in [0.15, 0.2) is 0 Å². The molecule has 0 heterocycles. The Morgan fingerprint density at radius 2 is 2.10 bits per heavy atom. The lowest BCUT2D eigenvalue weighted by Gasteiger charge is -2.13. The highest BCUT2D eigenvalue weighted by Gasteiger charge is 2.09. The molecular formula is C14H19FN2O3. The number of urea groups is 1. The fourth-order valence-corrected chi connectivity index (χ4v) is 1.67. The van der Waals surface area contributed by atoms with Crippen LogP contribution in [0.5, 0.6) is 0 Å². The van der Waals surface area contributed by atoms with Crippen molar-refractivity contribution < 1.29 is 19.1 Å². The second-order valence-corrected chi connectivity index (χ2v) is 4.83. The summed E-state index contributed by atoms with van der Waals surface area (Å²) < 4.78 is 12.9. The number of nitrogens with one attached hydrogen (secondary N) is 2. The van der Waals surface area contributed by atoms with Crippen molar-refractivity contribution in [2.45, 2.75) is 26.7 Å². The second-order valence-electron chi connectivity index (χ2n) is 4.83. The number of benzene rings is 1. The molecule has 0 saturated carbocycles. The molecule has 0 fully saturated rings. The number of anilines is 1. The van der Waals surface area contributed by atoms with Crippen LogP contribution < -0.4 is 10.6 Å². The van der Waals surface area contributed by atoms with E-state index in [-0.39, 0.29) is 24.2 Å². The highest BCUT2D eigenvalue weighted by molar-refractivity contribution is 5.90. The first-order valence-electron chi connectivity index (χ1n) is 6.41. The van der Waals surface area contributed by atoms with Gasteiger partial charge in [0.2, 0.25) is 0 Å². The predicted molar refractivity (Wildman–Crippen MR) is 74.2 cm³/mol. The molecule has 0 aliphatic carbocycles. The molecule has 2 amide bonds. The van der Waals surface area contributed by atoms with Gasteiger partial charge in [0.25, 0.3) is 0 Å². The molecule has 3 N–H and O–H groups in total. The zero-order valence-corrected chi connectivity index (χ0v) is 11.6. The number of aryl methyl sites for hydroxylation is 1. The molecule has 0 spiro atoms. The highest BCUT2D eigenvalue weighted by atomic mass is 19.1. The number of aliphatic carboxylic acids is 1. The standard InChI is InChI=1S/C14H19FN2O3/c1-9(3-6-13(18)19)8-16-14(20)17-12-5-4-11(15)7-10(12)2/h4-5,7,9H,3,6,8H2,1-2H3,(H,18,19)(H2,16,17,20). The van der Waals surface area contributed by atoms with Crippen molar-refractivity contribution in [3.63, 3.8) is 0 Å². The monoisotopic (exact) mass is 282 g/mol. The first-order valence-corrected chi connectivity index (χ1v) is 6.41. The normalized spacial score (nSPS) is 11.8. The van der Waals surface area contributed by atoms with Crippen LogP contribution in [-0.4, -0.2) is 23.7 Å². The van der Waals surface area contributed by atoms with Gasteiger partial charge in [-0.25, -0.2) is 9.18 Å². The van der Waals surface area contributed by atoms with Crippen molar-refractivity contribution in [3.8, 4) is 0 Å².